The molecular weight excluding hydrogens is 436 g/mol. The van der Waals surface area contributed by atoms with Gasteiger partial charge in [-0.25, -0.2) is 8.42 Å². The van der Waals surface area contributed by atoms with E-state index in [1.54, 1.807) is 32.4 Å². The number of rotatable bonds is 5. The SMILES string of the molecule is COc1cc2ncc(S(=O)(=O)c3ccc(Cl)cc3)c(N3CCC[C@@H](C)C3)c2cc1OC. The van der Waals surface area contributed by atoms with Crippen LogP contribution in [0.3, 0.4) is 0 Å². The van der Waals surface area contributed by atoms with E-state index in [-0.39, 0.29) is 9.79 Å². The largest absolute Gasteiger partial charge is 0.493 e. The molecule has 6 nitrogen and oxygen atoms in total. The second-order valence-corrected chi connectivity index (χ2v) is 10.2. The van der Waals surface area contributed by atoms with Gasteiger partial charge in [-0.1, -0.05) is 18.5 Å². The van der Waals surface area contributed by atoms with Crippen molar-refractivity contribution in [1.82, 2.24) is 4.98 Å². The summed E-state index contributed by atoms with van der Waals surface area (Å²) in [5.74, 6) is 1.54. The van der Waals surface area contributed by atoms with Crippen LogP contribution in [0, 0.1) is 5.92 Å². The number of hydrogen-bond acceptors (Lipinski definition) is 6. The van der Waals surface area contributed by atoms with Crippen LogP contribution in [0.25, 0.3) is 10.9 Å². The fourth-order valence-electron chi connectivity index (χ4n) is 4.14. The van der Waals surface area contributed by atoms with Gasteiger partial charge >= 0.3 is 0 Å². The fourth-order valence-corrected chi connectivity index (χ4v) is 5.70. The minimum atomic E-state index is -3.81. The standard InChI is InChI=1S/C23H25ClN2O4S/c1-15-5-4-10-26(14-15)23-18-11-20(29-2)21(30-3)12-19(18)25-13-22(23)31(27,28)17-8-6-16(24)7-9-17/h6-9,11-13,15H,4-5,10,14H2,1-3H3/t15-/m1/s1. The molecule has 1 aliphatic rings. The van der Waals surface area contributed by atoms with Crippen LogP contribution in [-0.4, -0.2) is 40.7 Å². The van der Waals surface area contributed by atoms with Gasteiger partial charge in [-0.3, -0.25) is 4.98 Å². The first-order valence-electron chi connectivity index (χ1n) is 10.2. The van der Waals surface area contributed by atoms with Crippen molar-refractivity contribution in [1.29, 1.82) is 0 Å². The number of piperidine rings is 1. The van der Waals surface area contributed by atoms with Gasteiger partial charge in [0, 0.05) is 35.8 Å². The van der Waals surface area contributed by atoms with Crippen molar-refractivity contribution in [3.05, 3.63) is 47.6 Å². The molecule has 31 heavy (non-hydrogen) atoms. The van der Waals surface area contributed by atoms with Crippen molar-refractivity contribution < 1.29 is 17.9 Å². The van der Waals surface area contributed by atoms with Crippen LogP contribution >= 0.6 is 11.6 Å². The lowest BCUT2D eigenvalue weighted by Crippen LogP contribution is -2.35. The maximum atomic E-state index is 13.6. The number of methoxy groups -OCH3 is 2. The molecule has 0 radical (unpaired) electrons. The summed E-state index contributed by atoms with van der Waals surface area (Å²) in [6, 6.07) is 9.82. The highest BCUT2D eigenvalue weighted by atomic mass is 35.5. The van der Waals surface area contributed by atoms with Crippen LogP contribution in [0.1, 0.15) is 19.8 Å². The molecule has 1 aliphatic heterocycles. The zero-order valence-corrected chi connectivity index (χ0v) is 19.3. The van der Waals surface area contributed by atoms with Gasteiger partial charge in [0.25, 0.3) is 0 Å². The molecule has 1 aromatic heterocycles. The third-order valence-corrected chi connectivity index (χ3v) is 7.72. The number of ether oxygens (including phenoxy) is 2. The number of pyridine rings is 1. The molecule has 2 heterocycles. The smallest absolute Gasteiger partial charge is 0.210 e. The first-order valence-corrected chi connectivity index (χ1v) is 12.0. The second kappa shape index (κ2) is 8.55. The first-order chi connectivity index (χ1) is 14.8. The lowest BCUT2D eigenvalue weighted by molar-refractivity contribution is 0.355. The van der Waals surface area contributed by atoms with E-state index >= 15 is 0 Å². The third-order valence-electron chi connectivity index (χ3n) is 5.70. The molecule has 0 aliphatic carbocycles. The number of sulfone groups is 1. The molecule has 4 rings (SSSR count). The van der Waals surface area contributed by atoms with E-state index in [0.717, 1.165) is 31.3 Å². The molecule has 2 aromatic carbocycles. The van der Waals surface area contributed by atoms with Crippen LogP contribution in [0.5, 0.6) is 11.5 Å². The minimum absolute atomic E-state index is 0.184. The molecule has 8 heteroatoms. The van der Waals surface area contributed by atoms with E-state index in [4.69, 9.17) is 21.1 Å². The highest BCUT2D eigenvalue weighted by Crippen LogP contribution is 2.41. The van der Waals surface area contributed by atoms with Crippen molar-refractivity contribution in [3.8, 4) is 11.5 Å². The molecule has 0 unspecified atom stereocenters. The van der Waals surface area contributed by atoms with Gasteiger partial charge in [0.1, 0.15) is 4.90 Å². The zero-order valence-electron chi connectivity index (χ0n) is 17.8. The molecule has 0 spiro atoms. The van der Waals surface area contributed by atoms with Gasteiger partial charge in [-0.2, -0.15) is 0 Å². The molecule has 164 valence electrons. The molecule has 1 atom stereocenters. The topological polar surface area (TPSA) is 68.7 Å². The number of nitrogens with zero attached hydrogens (tertiary/aromatic N) is 2. The molecular formula is C23H25ClN2O4S. The zero-order chi connectivity index (χ0) is 22.2. The average Bonchev–Trinajstić information content (AvgIpc) is 2.77. The first kappa shape index (κ1) is 21.7. The van der Waals surface area contributed by atoms with E-state index in [0.29, 0.717) is 33.6 Å². The van der Waals surface area contributed by atoms with E-state index in [9.17, 15) is 8.42 Å². The van der Waals surface area contributed by atoms with Crippen molar-refractivity contribution in [2.24, 2.45) is 5.92 Å². The molecule has 0 N–H and O–H groups in total. The summed E-state index contributed by atoms with van der Waals surface area (Å²) >= 11 is 5.98. The Kier molecular flexibility index (Phi) is 5.99. The van der Waals surface area contributed by atoms with Crippen molar-refractivity contribution in [2.45, 2.75) is 29.6 Å². The predicted octanol–water partition coefficient (Wildman–Crippen LogP) is 4.97. The second-order valence-electron chi connectivity index (χ2n) is 7.85. The monoisotopic (exact) mass is 460 g/mol. The number of fused-ring (bicyclic) bond motifs is 1. The Labute approximate surface area is 187 Å². The van der Waals surface area contributed by atoms with Crippen molar-refractivity contribution >= 4 is 38.0 Å². The normalized spacial score (nSPS) is 17.0. The number of anilines is 1. The van der Waals surface area contributed by atoms with Crippen LogP contribution < -0.4 is 14.4 Å². The molecule has 0 amide bonds. The van der Waals surface area contributed by atoms with Crippen LogP contribution in [-0.2, 0) is 9.84 Å². The van der Waals surface area contributed by atoms with Gasteiger partial charge < -0.3 is 14.4 Å². The number of aromatic nitrogens is 1. The molecule has 1 fully saturated rings. The highest BCUT2D eigenvalue weighted by Gasteiger charge is 2.29. The maximum Gasteiger partial charge on any atom is 0.210 e. The summed E-state index contributed by atoms with van der Waals surface area (Å²) in [4.78, 5) is 7.01. The van der Waals surface area contributed by atoms with Crippen molar-refractivity contribution in [3.63, 3.8) is 0 Å². The molecule has 0 bridgehead atoms. The average molecular weight is 461 g/mol. The number of benzene rings is 2. The van der Waals surface area contributed by atoms with E-state index in [1.807, 2.05) is 6.07 Å². The highest BCUT2D eigenvalue weighted by molar-refractivity contribution is 7.91. The lowest BCUT2D eigenvalue weighted by Gasteiger charge is -2.34. The summed E-state index contributed by atoms with van der Waals surface area (Å²) < 4.78 is 38.2. The van der Waals surface area contributed by atoms with Crippen LogP contribution in [0.4, 0.5) is 5.69 Å². The molecule has 3 aromatic rings. The third kappa shape index (κ3) is 4.04. The van der Waals surface area contributed by atoms with Gasteiger partial charge in [0.15, 0.2) is 11.5 Å². The molecule has 1 saturated heterocycles. The Morgan fingerprint density at radius 1 is 1.10 bits per heavy atom. The Morgan fingerprint density at radius 2 is 1.77 bits per heavy atom. The van der Waals surface area contributed by atoms with Crippen LogP contribution in [0.15, 0.2) is 52.4 Å². The summed E-state index contributed by atoms with van der Waals surface area (Å²) in [6.45, 7) is 3.74. The van der Waals surface area contributed by atoms with Crippen LogP contribution in [0.2, 0.25) is 5.02 Å². The van der Waals surface area contributed by atoms with Gasteiger partial charge in [-0.15, -0.1) is 0 Å². The fraction of sp³-hybridized carbons (Fsp3) is 0.348. The van der Waals surface area contributed by atoms with Gasteiger partial charge in [0.2, 0.25) is 9.84 Å². The predicted molar refractivity (Wildman–Crippen MR) is 122 cm³/mol. The van der Waals surface area contributed by atoms with Gasteiger partial charge in [-0.05, 0) is 49.1 Å². The number of hydrogen-bond donors (Lipinski definition) is 0. The van der Waals surface area contributed by atoms with E-state index in [2.05, 4.69) is 16.8 Å². The maximum absolute atomic E-state index is 13.6. The summed E-state index contributed by atoms with van der Waals surface area (Å²) in [6.07, 6.45) is 3.57. The summed E-state index contributed by atoms with van der Waals surface area (Å²) in [7, 11) is -0.685. The van der Waals surface area contributed by atoms with Crippen molar-refractivity contribution in [2.75, 3.05) is 32.2 Å². The quantitative estimate of drug-likeness (QED) is 0.535. The number of halogens is 1. The van der Waals surface area contributed by atoms with Gasteiger partial charge in [0.05, 0.1) is 30.3 Å². The minimum Gasteiger partial charge on any atom is -0.493 e. The Hall–Kier alpha value is -2.51. The Balaban J connectivity index is 2.00. The summed E-state index contributed by atoms with van der Waals surface area (Å²) in [5, 5.41) is 1.21. The van der Waals surface area contributed by atoms with E-state index < -0.39 is 9.84 Å². The lowest BCUT2D eigenvalue weighted by atomic mass is 9.99. The molecule has 0 saturated carbocycles. The Morgan fingerprint density at radius 3 is 2.42 bits per heavy atom. The Bertz CT molecular complexity index is 1210. The summed E-state index contributed by atoms with van der Waals surface area (Å²) in [5.41, 5.74) is 1.31. The van der Waals surface area contributed by atoms with E-state index in [1.165, 1.54) is 18.3 Å².